The Hall–Kier alpha value is -2.66. The van der Waals surface area contributed by atoms with Crippen molar-refractivity contribution in [1.29, 1.82) is 0 Å². The second-order valence-corrected chi connectivity index (χ2v) is 6.92. The van der Waals surface area contributed by atoms with Crippen molar-refractivity contribution in [2.45, 2.75) is 32.2 Å². The lowest BCUT2D eigenvalue weighted by Gasteiger charge is -2.15. The van der Waals surface area contributed by atoms with Crippen LogP contribution in [0.15, 0.2) is 48.5 Å². The number of fused-ring (bicyclic) bond motifs is 1. The molecule has 1 N–H and O–H groups in total. The number of carbonyl (C=O) groups excluding carboxylic acids is 1. The van der Waals surface area contributed by atoms with E-state index in [1.165, 1.54) is 6.42 Å². The second-order valence-electron chi connectivity index (χ2n) is 6.48. The quantitative estimate of drug-likeness (QED) is 0.755. The highest BCUT2D eigenvalue weighted by Gasteiger charge is 2.17. The van der Waals surface area contributed by atoms with Crippen LogP contribution in [0.25, 0.3) is 11.4 Å². The predicted octanol–water partition coefficient (Wildman–Crippen LogP) is 4.12. The summed E-state index contributed by atoms with van der Waals surface area (Å²) in [5.41, 5.74) is 2.65. The van der Waals surface area contributed by atoms with E-state index in [0.717, 1.165) is 47.8 Å². The number of benzene rings is 2. The van der Waals surface area contributed by atoms with Crippen LogP contribution in [0.5, 0.6) is 0 Å². The van der Waals surface area contributed by atoms with Gasteiger partial charge in [-0.25, -0.2) is 0 Å². The summed E-state index contributed by atoms with van der Waals surface area (Å²) in [6.45, 7) is 0.949. The van der Waals surface area contributed by atoms with Crippen molar-refractivity contribution in [3.63, 3.8) is 0 Å². The number of amides is 1. The molecule has 1 aromatic heterocycles. The van der Waals surface area contributed by atoms with Crippen molar-refractivity contribution >= 4 is 23.2 Å². The predicted molar refractivity (Wildman–Crippen MR) is 102 cm³/mol. The van der Waals surface area contributed by atoms with Crippen LogP contribution in [-0.2, 0) is 24.2 Å². The number of hydrogen-bond acceptors (Lipinski definition) is 3. The topological polar surface area (TPSA) is 59.8 Å². The zero-order valence-corrected chi connectivity index (χ0v) is 15.0. The van der Waals surface area contributed by atoms with Gasteiger partial charge in [0.1, 0.15) is 5.82 Å². The minimum absolute atomic E-state index is 0.0623. The number of carbonyl (C=O) groups is 1. The van der Waals surface area contributed by atoms with E-state index >= 15 is 0 Å². The molecule has 26 heavy (non-hydrogen) atoms. The average molecular weight is 367 g/mol. The van der Waals surface area contributed by atoms with Crippen LogP contribution in [0.1, 0.15) is 24.2 Å². The van der Waals surface area contributed by atoms with Gasteiger partial charge >= 0.3 is 0 Å². The molecule has 0 bridgehead atoms. The molecule has 0 unspecified atom stereocenters. The van der Waals surface area contributed by atoms with E-state index in [1.807, 2.05) is 36.4 Å². The lowest BCUT2D eigenvalue weighted by atomic mass is 10.1. The zero-order valence-electron chi connectivity index (χ0n) is 14.3. The number of nitrogens with zero attached hydrogens (tertiary/aromatic N) is 3. The molecule has 6 heteroatoms. The van der Waals surface area contributed by atoms with Crippen molar-refractivity contribution < 1.29 is 4.79 Å². The number of aryl methyl sites for hydroxylation is 1. The van der Waals surface area contributed by atoms with Crippen molar-refractivity contribution in [3.05, 3.63) is 64.9 Å². The maximum atomic E-state index is 12.3. The Morgan fingerprint density at radius 1 is 1.12 bits per heavy atom. The van der Waals surface area contributed by atoms with Gasteiger partial charge < -0.3 is 9.88 Å². The van der Waals surface area contributed by atoms with Gasteiger partial charge in [-0.1, -0.05) is 35.9 Å². The van der Waals surface area contributed by atoms with Gasteiger partial charge in [0.2, 0.25) is 5.91 Å². The Morgan fingerprint density at radius 2 is 1.96 bits per heavy atom. The first-order valence-electron chi connectivity index (χ1n) is 8.76. The highest BCUT2D eigenvalue weighted by molar-refractivity contribution is 6.30. The van der Waals surface area contributed by atoms with E-state index in [0.29, 0.717) is 11.4 Å². The summed E-state index contributed by atoms with van der Waals surface area (Å²) in [5.74, 6) is 1.85. The lowest BCUT2D eigenvalue weighted by molar-refractivity contribution is -0.115. The first kappa shape index (κ1) is 16.8. The fraction of sp³-hybridized carbons (Fsp3) is 0.250. The summed E-state index contributed by atoms with van der Waals surface area (Å²) >= 11 is 5.88. The molecule has 0 spiro atoms. The van der Waals surface area contributed by atoms with Gasteiger partial charge in [0.25, 0.3) is 0 Å². The molecule has 5 nitrogen and oxygen atoms in total. The van der Waals surface area contributed by atoms with E-state index in [9.17, 15) is 4.79 Å². The molecule has 4 rings (SSSR count). The SMILES string of the molecule is O=C(Cc1ccc(Cl)cc1)Nc1cccc(-c2nnc3n2CCCC3)c1. The number of rotatable bonds is 4. The summed E-state index contributed by atoms with van der Waals surface area (Å²) in [6.07, 6.45) is 3.60. The van der Waals surface area contributed by atoms with Crippen LogP contribution in [0, 0.1) is 0 Å². The fourth-order valence-corrected chi connectivity index (χ4v) is 3.38. The van der Waals surface area contributed by atoms with Crippen LogP contribution in [0.4, 0.5) is 5.69 Å². The highest BCUT2D eigenvalue weighted by Crippen LogP contribution is 2.25. The number of hydrogen-bond donors (Lipinski definition) is 1. The molecular weight excluding hydrogens is 348 g/mol. The van der Waals surface area contributed by atoms with E-state index in [1.54, 1.807) is 12.1 Å². The van der Waals surface area contributed by atoms with Gasteiger partial charge in [-0.05, 0) is 42.7 Å². The van der Waals surface area contributed by atoms with Crippen molar-refractivity contribution in [3.8, 4) is 11.4 Å². The smallest absolute Gasteiger partial charge is 0.228 e. The molecule has 1 aliphatic rings. The van der Waals surface area contributed by atoms with Crippen LogP contribution in [0.3, 0.4) is 0 Å². The van der Waals surface area contributed by atoms with Gasteiger partial charge in [0.05, 0.1) is 6.42 Å². The molecule has 0 saturated heterocycles. The van der Waals surface area contributed by atoms with E-state index < -0.39 is 0 Å². The Balaban J connectivity index is 1.50. The summed E-state index contributed by atoms with van der Waals surface area (Å²) in [7, 11) is 0. The molecule has 0 saturated carbocycles. The molecule has 0 aliphatic carbocycles. The number of aromatic nitrogens is 3. The Kier molecular flexibility index (Phi) is 4.71. The van der Waals surface area contributed by atoms with Gasteiger partial charge in [-0.15, -0.1) is 10.2 Å². The minimum Gasteiger partial charge on any atom is -0.326 e. The molecule has 3 aromatic rings. The summed E-state index contributed by atoms with van der Waals surface area (Å²) in [5, 5.41) is 12.3. The molecule has 2 heterocycles. The summed E-state index contributed by atoms with van der Waals surface area (Å²) in [6, 6.07) is 15.1. The monoisotopic (exact) mass is 366 g/mol. The van der Waals surface area contributed by atoms with E-state index in [-0.39, 0.29) is 5.91 Å². The lowest BCUT2D eigenvalue weighted by Crippen LogP contribution is -2.14. The molecule has 1 amide bonds. The van der Waals surface area contributed by atoms with Crippen LogP contribution >= 0.6 is 11.6 Å². The molecule has 0 radical (unpaired) electrons. The largest absolute Gasteiger partial charge is 0.326 e. The third kappa shape index (κ3) is 3.63. The molecular formula is C20H19ClN4O. The first-order valence-corrected chi connectivity index (χ1v) is 9.14. The Labute approximate surface area is 157 Å². The standard InChI is InChI=1S/C20H19ClN4O/c21-16-9-7-14(8-10-16)12-19(26)22-17-5-3-4-15(13-17)20-24-23-18-6-1-2-11-25(18)20/h3-5,7-10,13H,1-2,6,11-12H2,(H,22,26). The third-order valence-electron chi connectivity index (χ3n) is 4.54. The molecule has 132 valence electrons. The van der Waals surface area contributed by atoms with E-state index in [2.05, 4.69) is 20.1 Å². The highest BCUT2D eigenvalue weighted by atomic mass is 35.5. The van der Waals surface area contributed by atoms with Crippen molar-refractivity contribution in [1.82, 2.24) is 14.8 Å². The van der Waals surface area contributed by atoms with Gasteiger partial charge in [0, 0.05) is 29.2 Å². The van der Waals surface area contributed by atoms with Crippen molar-refractivity contribution in [2.24, 2.45) is 0 Å². The normalized spacial score (nSPS) is 13.3. The minimum atomic E-state index is -0.0623. The van der Waals surface area contributed by atoms with Crippen LogP contribution in [0.2, 0.25) is 5.02 Å². The summed E-state index contributed by atoms with van der Waals surface area (Å²) in [4.78, 5) is 12.3. The molecule has 0 fully saturated rings. The van der Waals surface area contributed by atoms with Gasteiger partial charge in [0.15, 0.2) is 5.82 Å². The Bertz CT molecular complexity index is 933. The maximum Gasteiger partial charge on any atom is 0.228 e. The maximum absolute atomic E-state index is 12.3. The van der Waals surface area contributed by atoms with Crippen LogP contribution < -0.4 is 5.32 Å². The number of nitrogens with one attached hydrogen (secondary N) is 1. The Morgan fingerprint density at radius 3 is 2.81 bits per heavy atom. The number of halogens is 1. The molecule has 2 aromatic carbocycles. The molecule has 0 atom stereocenters. The van der Waals surface area contributed by atoms with Gasteiger partial charge in [-0.3, -0.25) is 4.79 Å². The van der Waals surface area contributed by atoms with Crippen LogP contribution in [-0.4, -0.2) is 20.7 Å². The van der Waals surface area contributed by atoms with Gasteiger partial charge in [-0.2, -0.15) is 0 Å². The number of anilines is 1. The molecule has 1 aliphatic heterocycles. The van der Waals surface area contributed by atoms with E-state index in [4.69, 9.17) is 11.6 Å². The first-order chi connectivity index (χ1) is 12.7. The zero-order chi connectivity index (χ0) is 17.9. The summed E-state index contributed by atoms with van der Waals surface area (Å²) < 4.78 is 2.18. The fourth-order valence-electron chi connectivity index (χ4n) is 3.25. The third-order valence-corrected chi connectivity index (χ3v) is 4.79. The average Bonchev–Trinajstić information content (AvgIpc) is 3.08. The second kappa shape index (κ2) is 7.30. The van der Waals surface area contributed by atoms with Crippen molar-refractivity contribution in [2.75, 3.05) is 5.32 Å².